The number of carbonyl (C=O) groups is 1. The van der Waals surface area contributed by atoms with Crippen molar-refractivity contribution in [1.29, 1.82) is 0 Å². The van der Waals surface area contributed by atoms with E-state index in [-0.39, 0.29) is 0 Å². The number of amides is 1. The molecule has 0 aliphatic rings. The molecule has 0 heterocycles. The van der Waals surface area contributed by atoms with Crippen LogP contribution in [-0.2, 0) is 4.79 Å². The lowest BCUT2D eigenvalue weighted by Crippen LogP contribution is -2.53. The van der Waals surface area contributed by atoms with Gasteiger partial charge in [-0.1, -0.05) is 258 Å². The van der Waals surface area contributed by atoms with E-state index in [1.165, 1.54) is 205 Å². The van der Waals surface area contributed by atoms with E-state index in [1.807, 2.05) is 0 Å². The summed E-state index contributed by atoms with van der Waals surface area (Å²) in [5, 5.41) is 43.8. The molecule has 6 heteroatoms. The lowest BCUT2D eigenvalue weighted by Gasteiger charge is -2.27. The van der Waals surface area contributed by atoms with Crippen LogP contribution in [0, 0.1) is 0 Å². The summed E-state index contributed by atoms with van der Waals surface area (Å²) >= 11 is 0. The number of nitrogens with one attached hydrogen (secondary N) is 1. The predicted octanol–water partition coefficient (Wildman–Crippen LogP) is 13.2. The molecule has 0 fully saturated rings. The van der Waals surface area contributed by atoms with Crippen LogP contribution < -0.4 is 5.32 Å². The molecule has 0 aromatic heterocycles. The molecule has 0 aliphatic carbocycles. The molecular formula is C48H97NO5. The second kappa shape index (κ2) is 43.4. The van der Waals surface area contributed by atoms with Gasteiger partial charge in [-0.3, -0.25) is 4.79 Å². The van der Waals surface area contributed by atoms with Crippen LogP contribution in [0.3, 0.4) is 0 Å². The molecule has 6 nitrogen and oxygen atoms in total. The van der Waals surface area contributed by atoms with Gasteiger partial charge in [-0.05, 0) is 12.8 Å². The van der Waals surface area contributed by atoms with E-state index < -0.39 is 36.9 Å². The summed E-state index contributed by atoms with van der Waals surface area (Å²) < 4.78 is 0. The third-order valence-corrected chi connectivity index (χ3v) is 11.8. The summed E-state index contributed by atoms with van der Waals surface area (Å²) in [6, 6.07) is -0.979. The molecule has 0 aromatic carbocycles. The molecule has 4 atom stereocenters. The minimum atomic E-state index is -1.25. The largest absolute Gasteiger partial charge is 0.394 e. The Morgan fingerprint density at radius 3 is 0.889 bits per heavy atom. The van der Waals surface area contributed by atoms with Crippen LogP contribution in [-0.4, -0.2) is 57.3 Å². The third kappa shape index (κ3) is 36.9. The molecule has 0 saturated heterocycles. The molecule has 0 spiro atoms. The molecule has 4 unspecified atom stereocenters. The normalized spacial score (nSPS) is 14.0. The quantitative estimate of drug-likeness (QED) is 0.0396. The molecule has 0 rings (SSSR count). The zero-order chi connectivity index (χ0) is 39.6. The van der Waals surface area contributed by atoms with E-state index in [2.05, 4.69) is 19.2 Å². The Kier molecular flexibility index (Phi) is 42.9. The maximum absolute atomic E-state index is 12.5. The summed E-state index contributed by atoms with van der Waals surface area (Å²) in [6.07, 6.45) is 47.1. The molecule has 5 N–H and O–H groups in total. The van der Waals surface area contributed by atoms with Gasteiger partial charge < -0.3 is 25.7 Å². The van der Waals surface area contributed by atoms with Crippen molar-refractivity contribution >= 4 is 5.91 Å². The fourth-order valence-electron chi connectivity index (χ4n) is 7.94. The van der Waals surface area contributed by atoms with Gasteiger partial charge >= 0.3 is 0 Å². The van der Waals surface area contributed by atoms with Crippen molar-refractivity contribution in [2.75, 3.05) is 6.61 Å². The highest BCUT2D eigenvalue weighted by Crippen LogP contribution is 2.18. The van der Waals surface area contributed by atoms with Gasteiger partial charge in [0, 0.05) is 0 Å². The first-order chi connectivity index (χ1) is 26.5. The van der Waals surface area contributed by atoms with Crippen LogP contribution in [0.15, 0.2) is 0 Å². The van der Waals surface area contributed by atoms with Crippen molar-refractivity contribution in [1.82, 2.24) is 5.32 Å². The summed E-state index contributed by atoms with van der Waals surface area (Å²) in [5.74, 6) is -0.578. The highest BCUT2D eigenvalue weighted by atomic mass is 16.3. The Balaban J connectivity index is 3.64. The van der Waals surface area contributed by atoms with E-state index >= 15 is 0 Å². The topological polar surface area (TPSA) is 110 Å². The molecule has 0 aromatic rings. The van der Waals surface area contributed by atoms with Gasteiger partial charge in [0.1, 0.15) is 12.2 Å². The lowest BCUT2D eigenvalue weighted by atomic mass is 9.99. The number of hydrogen-bond donors (Lipinski definition) is 5. The minimum Gasteiger partial charge on any atom is -0.394 e. The van der Waals surface area contributed by atoms with Gasteiger partial charge in [-0.15, -0.1) is 0 Å². The van der Waals surface area contributed by atoms with Crippen LogP contribution in [0.4, 0.5) is 0 Å². The summed E-state index contributed by atoms with van der Waals surface area (Å²) in [5.41, 5.74) is 0. The molecule has 0 aliphatic heterocycles. The Hall–Kier alpha value is -0.690. The van der Waals surface area contributed by atoms with Gasteiger partial charge in [0.2, 0.25) is 5.91 Å². The van der Waals surface area contributed by atoms with Crippen molar-refractivity contribution in [3.63, 3.8) is 0 Å². The lowest BCUT2D eigenvalue weighted by molar-refractivity contribution is -0.132. The van der Waals surface area contributed by atoms with Gasteiger partial charge in [0.15, 0.2) is 0 Å². The van der Waals surface area contributed by atoms with Crippen LogP contribution >= 0.6 is 0 Å². The van der Waals surface area contributed by atoms with Gasteiger partial charge in [-0.2, -0.15) is 0 Å². The number of carbonyl (C=O) groups excluding carboxylic acids is 1. The molecule has 324 valence electrons. The fourth-order valence-corrected chi connectivity index (χ4v) is 7.94. The Bertz CT molecular complexity index is 736. The first-order valence-electron chi connectivity index (χ1n) is 24.4. The molecule has 1 amide bonds. The standard InChI is InChI=1S/C48H97NO5/c1-3-5-7-9-11-13-15-17-19-21-22-23-24-25-26-28-29-31-33-35-37-39-41-45(51)47(53)44(43-50)49-48(54)46(52)42-40-38-36-34-32-30-27-20-18-16-14-12-10-8-6-4-2/h44-47,50-53H,3-43H2,1-2H3,(H,49,54). The maximum atomic E-state index is 12.5. The zero-order valence-corrected chi connectivity index (χ0v) is 36.5. The third-order valence-electron chi connectivity index (χ3n) is 11.8. The van der Waals surface area contributed by atoms with Crippen LogP contribution in [0.2, 0.25) is 0 Å². The van der Waals surface area contributed by atoms with Crippen molar-refractivity contribution in [3.05, 3.63) is 0 Å². The van der Waals surface area contributed by atoms with Crippen molar-refractivity contribution in [2.24, 2.45) is 0 Å². The highest BCUT2D eigenvalue weighted by Gasteiger charge is 2.28. The fraction of sp³-hybridized carbons (Fsp3) is 0.979. The Labute approximate surface area is 337 Å². The highest BCUT2D eigenvalue weighted by molar-refractivity contribution is 5.80. The van der Waals surface area contributed by atoms with E-state index in [0.29, 0.717) is 12.8 Å². The second-order valence-electron chi connectivity index (χ2n) is 17.2. The number of aliphatic hydroxyl groups is 4. The van der Waals surface area contributed by atoms with E-state index in [1.54, 1.807) is 0 Å². The summed E-state index contributed by atoms with van der Waals surface area (Å²) in [4.78, 5) is 12.5. The van der Waals surface area contributed by atoms with E-state index in [9.17, 15) is 25.2 Å². The van der Waals surface area contributed by atoms with Crippen molar-refractivity contribution < 1.29 is 25.2 Å². The predicted molar refractivity (Wildman–Crippen MR) is 233 cm³/mol. The average molecular weight is 768 g/mol. The van der Waals surface area contributed by atoms with Gasteiger partial charge in [0.25, 0.3) is 0 Å². The number of aliphatic hydroxyl groups excluding tert-OH is 4. The first kappa shape index (κ1) is 53.3. The smallest absolute Gasteiger partial charge is 0.249 e. The molecule has 0 bridgehead atoms. The maximum Gasteiger partial charge on any atom is 0.249 e. The van der Waals surface area contributed by atoms with Gasteiger partial charge in [-0.25, -0.2) is 0 Å². The average Bonchev–Trinajstić information content (AvgIpc) is 3.18. The number of unbranched alkanes of at least 4 members (excludes halogenated alkanes) is 36. The molecule has 54 heavy (non-hydrogen) atoms. The van der Waals surface area contributed by atoms with Crippen molar-refractivity contribution in [2.45, 2.75) is 295 Å². The SMILES string of the molecule is CCCCCCCCCCCCCCCCCCCCCCCCC(O)C(O)C(CO)NC(=O)C(O)CCCCCCCCCCCCCCCCCC. The van der Waals surface area contributed by atoms with Crippen LogP contribution in [0.25, 0.3) is 0 Å². The Morgan fingerprint density at radius 1 is 0.389 bits per heavy atom. The number of rotatable bonds is 45. The molecule has 0 radical (unpaired) electrons. The van der Waals surface area contributed by atoms with Crippen LogP contribution in [0.1, 0.15) is 271 Å². The monoisotopic (exact) mass is 768 g/mol. The summed E-state index contributed by atoms with van der Waals surface area (Å²) in [6.45, 7) is 4.08. The van der Waals surface area contributed by atoms with Gasteiger partial charge in [0.05, 0.1) is 18.8 Å². The molecule has 0 saturated carbocycles. The van der Waals surface area contributed by atoms with E-state index in [0.717, 1.165) is 38.5 Å². The molecular weight excluding hydrogens is 671 g/mol. The minimum absolute atomic E-state index is 0.376. The van der Waals surface area contributed by atoms with Crippen molar-refractivity contribution in [3.8, 4) is 0 Å². The van der Waals surface area contributed by atoms with E-state index in [4.69, 9.17) is 0 Å². The number of hydrogen-bond acceptors (Lipinski definition) is 5. The first-order valence-corrected chi connectivity index (χ1v) is 24.4. The second-order valence-corrected chi connectivity index (χ2v) is 17.2. The zero-order valence-electron chi connectivity index (χ0n) is 36.5. The summed E-state index contributed by atoms with van der Waals surface area (Å²) in [7, 11) is 0. The Morgan fingerprint density at radius 2 is 0.630 bits per heavy atom. The van der Waals surface area contributed by atoms with Crippen LogP contribution in [0.5, 0.6) is 0 Å².